The van der Waals surface area contributed by atoms with Gasteiger partial charge in [-0.2, -0.15) is 0 Å². The Morgan fingerprint density at radius 2 is 0.931 bits per heavy atom. The second kappa shape index (κ2) is 6.43. The Labute approximate surface area is 201 Å². The quantitative estimate of drug-likeness (QED) is 0.174. The molecule has 0 atom stereocenters. The Kier molecular flexibility index (Phi) is 1.55. The molecule has 0 saturated heterocycles. The average molecular weight is 450 g/mol. The van der Waals surface area contributed by atoms with E-state index in [0.717, 1.165) is 0 Å². The molecule has 0 saturated carbocycles. The summed E-state index contributed by atoms with van der Waals surface area (Å²) in [5, 5.41) is -2.80. The summed E-state index contributed by atoms with van der Waals surface area (Å²) < 4.78 is 147. The number of hydrogen-bond donors (Lipinski definition) is 0. The summed E-state index contributed by atoms with van der Waals surface area (Å²) >= 11 is 3.31. The van der Waals surface area contributed by atoms with Crippen LogP contribution in [0.3, 0.4) is 0 Å². The van der Waals surface area contributed by atoms with Crippen molar-refractivity contribution in [2.24, 2.45) is 0 Å². The highest BCUT2D eigenvalue weighted by Gasteiger charge is 2.16. The van der Waals surface area contributed by atoms with E-state index in [1.54, 1.807) is 0 Å². The fraction of sp³-hybridized carbons (Fsp3) is 0. The molecule has 136 valence electrons. The Bertz CT molecular complexity index is 2370. The molecule has 29 heavy (non-hydrogen) atoms. The Morgan fingerprint density at radius 3 is 1.55 bits per heavy atom. The smallest absolute Gasteiger partial charge is 0.0616 e. The summed E-state index contributed by atoms with van der Waals surface area (Å²) in [6.07, 6.45) is 0. The highest BCUT2D eigenvalue weighted by Crippen LogP contribution is 2.44. The summed E-state index contributed by atoms with van der Waals surface area (Å²) in [6.45, 7) is 0. The molecule has 6 aromatic rings. The zero-order valence-electron chi connectivity index (χ0n) is 31.4. The lowest BCUT2D eigenvalue weighted by Crippen LogP contribution is -1.90. The molecule has 0 fully saturated rings. The topological polar surface area (TPSA) is 0 Å². The van der Waals surface area contributed by atoms with Crippen LogP contribution in [0, 0.1) is 0 Å². The van der Waals surface area contributed by atoms with Crippen LogP contribution in [-0.2, 0) is 0 Å². The van der Waals surface area contributed by atoms with Gasteiger partial charge in [0.05, 0.1) is 23.3 Å². The van der Waals surface area contributed by atoms with Crippen LogP contribution in [0.15, 0.2) is 107 Å². The molecule has 0 aliphatic rings. The van der Waals surface area contributed by atoms with Gasteiger partial charge in [0.1, 0.15) is 0 Å². The summed E-state index contributed by atoms with van der Waals surface area (Å²) in [6, 6.07) is -11.9. The van der Waals surface area contributed by atoms with Crippen molar-refractivity contribution in [2.75, 3.05) is 0 Å². The van der Waals surface area contributed by atoms with Gasteiger partial charge in [0.2, 0.25) is 0 Å². The molecule has 0 unspecified atom stereocenters. The molecule has 0 bridgehead atoms. The van der Waals surface area contributed by atoms with E-state index in [9.17, 15) is 1.37 Å². The first-order chi connectivity index (χ1) is 21.4. The Hall–Kier alpha value is -3.16. The number of rotatable bonds is 1. The van der Waals surface area contributed by atoms with Gasteiger partial charge >= 0.3 is 0 Å². The Balaban J connectivity index is 2.17. The van der Waals surface area contributed by atoms with Gasteiger partial charge in [-0.15, -0.1) is 0 Å². The van der Waals surface area contributed by atoms with Gasteiger partial charge in [0, 0.05) is 4.47 Å². The van der Waals surface area contributed by atoms with Gasteiger partial charge in [0.15, 0.2) is 0 Å². The molecule has 0 radical (unpaired) electrons. The third-order valence-corrected chi connectivity index (χ3v) is 5.48. The molecule has 0 nitrogen and oxygen atoms in total. The molecule has 0 aliphatic heterocycles. The lowest BCUT2D eigenvalue weighted by molar-refractivity contribution is 1.71. The van der Waals surface area contributed by atoms with Crippen LogP contribution in [-0.4, -0.2) is 0 Å². The monoisotopic (exact) mass is 449 g/mol. The first-order valence-corrected chi connectivity index (χ1v) is 9.23. The largest absolute Gasteiger partial charge is 0.0636 e. The molecule has 0 spiro atoms. The molecule has 6 aromatic carbocycles. The van der Waals surface area contributed by atoms with Gasteiger partial charge in [-0.05, 0) is 76.2 Å². The minimum Gasteiger partial charge on any atom is -0.0616 e. The molecule has 0 aliphatic carbocycles. The predicted molar refractivity (Wildman–Crippen MR) is 130 cm³/mol. The summed E-state index contributed by atoms with van der Waals surface area (Å²) in [7, 11) is 0. The van der Waals surface area contributed by atoms with Crippen molar-refractivity contribution in [2.45, 2.75) is 0 Å². The summed E-state index contributed by atoms with van der Waals surface area (Å²) in [5.41, 5.74) is -0.848. The van der Waals surface area contributed by atoms with Crippen LogP contribution in [0.4, 0.5) is 0 Å². The van der Waals surface area contributed by atoms with Crippen molar-refractivity contribution < 1.29 is 23.3 Å². The number of hydrogen-bond acceptors (Lipinski definition) is 0. The standard InChI is InChI=1S/C28H17Br/c29-28-24-15-7-5-13-22(24)27(23-14-6-8-16-25(23)28)26-17-18-9-1-2-10-19(18)20-11-3-4-12-21(20)26/h1-17H/i1D,2D,3D,4D,5D,6D,7D,8D,9D,10D,11D,12D,13D,14D,15D,16D,17D. The van der Waals surface area contributed by atoms with Crippen LogP contribution < -0.4 is 0 Å². The van der Waals surface area contributed by atoms with Crippen molar-refractivity contribution in [3.05, 3.63) is 107 Å². The highest BCUT2D eigenvalue weighted by molar-refractivity contribution is 9.10. The molecule has 0 N–H and O–H groups in total. The third-order valence-electron chi connectivity index (χ3n) is 4.69. The first kappa shape index (κ1) is 6.97. The normalized spacial score (nSPS) is 19.8. The lowest BCUT2D eigenvalue weighted by Gasteiger charge is -2.17. The first-order valence-electron chi connectivity index (χ1n) is 16.9. The maximum atomic E-state index is 9.40. The van der Waals surface area contributed by atoms with E-state index in [1.807, 2.05) is 0 Å². The van der Waals surface area contributed by atoms with Crippen molar-refractivity contribution in [3.8, 4) is 11.1 Å². The molecule has 6 rings (SSSR count). The van der Waals surface area contributed by atoms with Gasteiger partial charge in [0.25, 0.3) is 0 Å². The fourth-order valence-electron chi connectivity index (χ4n) is 3.49. The van der Waals surface area contributed by atoms with E-state index in [2.05, 4.69) is 15.9 Å². The molecule has 0 amide bonds. The zero-order valence-corrected chi connectivity index (χ0v) is 16.0. The van der Waals surface area contributed by atoms with E-state index < -0.39 is 124 Å². The molecule has 1 heteroatoms. The number of halogens is 1. The van der Waals surface area contributed by atoms with Crippen molar-refractivity contribution in [3.63, 3.8) is 0 Å². The fourth-order valence-corrected chi connectivity index (χ4v) is 4.08. The maximum Gasteiger partial charge on any atom is 0.0636 e. The predicted octanol–water partition coefficient (Wildman–Crippen LogP) is 8.73. The average Bonchev–Trinajstić information content (AvgIpc) is 3.02. The van der Waals surface area contributed by atoms with E-state index in [4.69, 9.17) is 21.9 Å². The molecular weight excluding hydrogens is 416 g/mol. The van der Waals surface area contributed by atoms with Gasteiger partial charge in [-0.1, -0.05) is 96.7 Å². The molecule has 0 heterocycles. The zero-order chi connectivity index (χ0) is 34.2. The van der Waals surface area contributed by atoms with Crippen LogP contribution in [0.25, 0.3) is 54.2 Å². The van der Waals surface area contributed by atoms with Crippen molar-refractivity contribution in [1.29, 1.82) is 0 Å². The Morgan fingerprint density at radius 1 is 0.483 bits per heavy atom. The lowest BCUT2D eigenvalue weighted by atomic mass is 9.87. The van der Waals surface area contributed by atoms with Gasteiger partial charge in [-0.25, -0.2) is 0 Å². The van der Waals surface area contributed by atoms with E-state index in [1.165, 1.54) is 0 Å². The van der Waals surface area contributed by atoms with Crippen LogP contribution >= 0.6 is 15.9 Å². The van der Waals surface area contributed by atoms with Crippen LogP contribution in [0.5, 0.6) is 0 Å². The summed E-state index contributed by atoms with van der Waals surface area (Å²) in [4.78, 5) is 0. The van der Waals surface area contributed by atoms with Crippen LogP contribution in [0.1, 0.15) is 23.3 Å². The van der Waals surface area contributed by atoms with Crippen molar-refractivity contribution >= 4 is 59.0 Å². The SMILES string of the molecule is [2H]c1c([2H])c([2H])c2c(-c3c([2H])c4c([2H])c([2H])c([2H])c([2H])c4c4c([2H])c([2H])c([2H])c([2H])c34)c3c([2H])c([2H])c([2H])c([2H])c3c(Br)c2c1[2H]. The number of benzene rings is 6. The van der Waals surface area contributed by atoms with Crippen LogP contribution in [0.2, 0.25) is 0 Å². The highest BCUT2D eigenvalue weighted by atomic mass is 79.9. The second-order valence-corrected chi connectivity index (χ2v) is 6.98. The number of fused-ring (bicyclic) bond motifs is 5. The van der Waals surface area contributed by atoms with Crippen molar-refractivity contribution in [1.82, 2.24) is 0 Å². The summed E-state index contributed by atoms with van der Waals surface area (Å²) in [5.74, 6) is 0. The minimum atomic E-state index is -0.770. The maximum absolute atomic E-state index is 9.40. The van der Waals surface area contributed by atoms with E-state index in [-0.39, 0.29) is 37.0 Å². The van der Waals surface area contributed by atoms with E-state index >= 15 is 0 Å². The van der Waals surface area contributed by atoms with E-state index in [0.29, 0.717) is 0 Å². The minimum absolute atomic E-state index is 0.110. The molecular formula is C28H17Br. The van der Waals surface area contributed by atoms with Gasteiger partial charge in [-0.3, -0.25) is 0 Å². The van der Waals surface area contributed by atoms with Gasteiger partial charge < -0.3 is 0 Å². The third kappa shape index (κ3) is 2.44. The second-order valence-electron chi connectivity index (χ2n) is 6.19. The molecule has 0 aromatic heterocycles.